The van der Waals surface area contributed by atoms with E-state index in [1.807, 2.05) is 18.2 Å². The van der Waals surface area contributed by atoms with Crippen LogP contribution in [0.3, 0.4) is 0 Å². The molecule has 138 valence electrons. The molecule has 0 aliphatic carbocycles. The maximum atomic E-state index is 13.1. The number of hydrogen-bond acceptors (Lipinski definition) is 6. The van der Waals surface area contributed by atoms with E-state index in [2.05, 4.69) is 5.10 Å². The van der Waals surface area contributed by atoms with Crippen LogP contribution in [0.5, 0.6) is 0 Å². The number of hydrazone groups is 1. The first-order valence-electron chi connectivity index (χ1n) is 8.45. The summed E-state index contributed by atoms with van der Waals surface area (Å²) in [5, 5.41) is 35.5. The van der Waals surface area contributed by atoms with Gasteiger partial charge in [0.25, 0.3) is 11.6 Å². The lowest BCUT2D eigenvalue weighted by Crippen LogP contribution is -2.34. The van der Waals surface area contributed by atoms with E-state index < -0.39 is 22.7 Å². The van der Waals surface area contributed by atoms with Gasteiger partial charge in [0.05, 0.1) is 28.7 Å². The van der Waals surface area contributed by atoms with Gasteiger partial charge in [0.1, 0.15) is 5.92 Å². The normalized spacial score (nSPS) is 17.0. The fraction of sp³-hybridized carbons (Fsp3) is 0.200. The summed E-state index contributed by atoms with van der Waals surface area (Å²) in [5.41, 5.74) is 1.46. The van der Waals surface area contributed by atoms with Crippen LogP contribution < -0.4 is 5.01 Å². The molecular weight excluding hydrogens is 358 g/mol. The summed E-state index contributed by atoms with van der Waals surface area (Å²) < 4.78 is 0. The Kier molecular flexibility index (Phi) is 5.14. The van der Waals surface area contributed by atoms with Crippen LogP contribution in [0, 0.1) is 44.6 Å². The number of para-hydroxylation sites is 1. The number of carbonyl (C=O) groups is 1. The Hall–Kier alpha value is -4.04. The quantitative estimate of drug-likeness (QED) is 0.587. The van der Waals surface area contributed by atoms with Crippen molar-refractivity contribution >= 4 is 23.0 Å². The van der Waals surface area contributed by atoms with E-state index in [0.29, 0.717) is 17.0 Å². The average molecular weight is 373 g/mol. The molecule has 0 bridgehead atoms. The van der Waals surface area contributed by atoms with Crippen molar-refractivity contribution in [2.45, 2.75) is 12.8 Å². The molecule has 8 nitrogen and oxygen atoms in total. The molecule has 0 unspecified atom stereocenters. The van der Waals surface area contributed by atoms with Crippen molar-refractivity contribution in [3.05, 3.63) is 70.3 Å². The number of rotatable bonds is 5. The third-order valence-corrected chi connectivity index (χ3v) is 4.67. The van der Waals surface area contributed by atoms with Crippen LogP contribution in [0.2, 0.25) is 0 Å². The first-order valence-corrected chi connectivity index (χ1v) is 8.45. The predicted octanol–water partition coefficient (Wildman–Crippen LogP) is 3.38. The minimum atomic E-state index is -1.11. The third kappa shape index (κ3) is 3.31. The second-order valence-corrected chi connectivity index (χ2v) is 6.31. The molecule has 0 saturated heterocycles. The van der Waals surface area contributed by atoms with Gasteiger partial charge in [-0.1, -0.05) is 30.3 Å². The molecule has 3 rings (SSSR count). The Bertz CT molecular complexity index is 1000. The highest BCUT2D eigenvalue weighted by atomic mass is 16.6. The van der Waals surface area contributed by atoms with Gasteiger partial charge in [-0.2, -0.15) is 15.6 Å². The van der Waals surface area contributed by atoms with Crippen molar-refractivity contribution in [2.24, 2.45) is 16.9 Å². The molecule has 0 saturated carbocycles. The largest absolute Gasteiger partial charge is 0.272 e. The molecule has 0 N–H and O–H groups in total. The highest BCUT2D eigenvalue weighted by Crippen LogP contribution is 2.38. The Morgan fingerprint density at radius 1 is 1.11 bits per heavy atom. The Morgan fingerprint density at radius 2 is 1.71 bits per heavy atom. The number of benzene rings is 2. The van der Waals surface area contributed by atoms with E-state index in [0.717, 1.165) is 0 Å². The lowest BCUT2D eigenvalue weighted by atomic mass is 9.75. The molecule has 2 aromatic rings. The van der Waals surface area contributed by atoms with Crippen LogP contribution in [-0.4, -0.2) is 16.5 Å². The van der Waals surface area contributed by atoms with Gasteiger partial charge in [0.15, 0.2) is 0 Å². The van der Waals surface area contributed by atoms with Crippen molar-refractivity contribution < 1.29 is 9.72 Å². The summed E-state index contributed by atoms with van der Waals surface area (Å²) >= 11 is 0. The fourth-order valence-corrected chi connectivity index (χ4v) is 3.33. The van der Waals surface area contributed by atoms with E-state index in [1.165, 1.54) is 29.3 Å². The van der Waals surface area contributed by atoms with Crippen molar-refractivity contribution in [1.82, 2.24) is 0 Å². The Labute approximate surface area is 161 Å². The lowest BCUT2D eigenvalue weighted by molar-refractivity contribution is -0.384. The van der Waals surface area contributed by atoms with Crippen LogP contribution in [0.4, 0.5) is 11.4 Å². The van der Waals surface area contributed by atoms with Crippen LogP contribution in [0.1, 0.15) is 18.4 Å². The molecule has 0 fully saturated rings. The molecule has 28 heavy (non-hydrogen) atoms. The second-order valence-electron chi connectivity index (χ2n) is 6.31. The van der Waals surface area contributed by atoms with E-state index in [9.17, 15) is 25.4 Å². The van der Waals surface area contributed by atoms with Gasteiger partial charge in [-0.25, -0.2) is 5.01 Å². The number of nitro benzene ring substituents is 1. The first kappa shape index (κ1) is 18.7. The van der Waals surface area contributed by atoms with Crippen LogP contribution in [0.15, 0.2) is 59.7 Å². The summed E-state index contributed by atoms with van der Waals surface area (Å²) in [6.45, 7) is 1.68. The first-order chi connectivity index (χ1) is 13.5. The van der Waals surface area contributed by atoms with Crippen LogP contribution in [-0.2, 0) is 4.79 Å². The zero-order chi connectivity index (χ0) is 20.3. The summed E-state index contributed by atoms with van der Waals surface area (Å²) in [4.78, 5) is 23.5. The average Bonchev–Trinajstić information content (AvgIpc) is 3.01. The second kappa shape index (κ2) is 7.68. The minimum absolute atomic E-state index is 0.109. The molecule has 1 heterocycles. The monoisotopic (exact) mass is 373 g/mol. The highest BCUT2D eigenvalue weighted by Gasteiger charge is 2.44. The third-order valence-electron chi connectivity index (χ3n) is 4.67. The highest BCUT2D eigenvalue weighted by molar-refractivity contribution is 6.15. The number of hydrogen-bond donors (Lipinski definition) is 0. The molecule has 1 aliphatic heterocycles. The van der Waals surface area contributed by atoms with Crippen LogP contribution in [0.25, 0.3) is 0 Å². The number of nitro groups is 1. The van der Waals surface area contributed by atoms with Gasteiger partial charge in [0, 0.05) is 23.8 Å². The molecule has 2 atom stereocenters. The predicted molar refractivity (Wildman–Crippen MR) is 101 cm³/mol. The number of nitriles is 2. The van der Waals surface area contributed by atoms with E-state index in [1.54, 1.807) is 31.2 Å². The zero-order valence-corrected chi connectivity index (χ0v) is 14.9. The fourth-order valence-electron chi connectivity index (χ4n) is 3.33. The minimum Gasteiger partial charge on any atom is -0.272 e. The van der Waals surface area contributed by atoms with Gasteiger partial charge in [-0.15, -0.1) is 0 Å². The smallest absolute Gasteiger partial charge is 0.269 e. The van der Waals surface area contributed by atoms with Crippen LogP contribution >= 0.6 is 0 Å². The number of anilines is 1. The summed E-state index contributed by atoms with van der Waals surface area (Å²) in [6, 6.07) is 18.3. The van der Waals surface area contributed by atoms with Gasteiger partial charge in [-0.05, 0) is 24.6 Å². The van der Waals surface area contributed by atoms with Crippen molar-refractivity contribution in [2.75, 3.05) is 5.01 Å². The van der Waals surface area contributed by atoms with Gasteiger partial charge >= 0.3 is 0 Å². The van der Waals surface area contributed by atoms with Gasteiger partial charge < -0.3 is 0 Å². The molecule has 2 aromatic carbocycles. The summed E-state index contributed by atoms with van der Waals surface area (Å²) in [5.74, 6) is -3.06. The zero-order valence-electron chi connectivity index (χ0n) is 14.9. The summed E-state index contributed by atoms with van der Waals surface area (Å²) in [7, 11) is 0. The van der Waals surface area contributed by atoms with Crippen molar-refractivity contribution in [3.8, 4) is 12.1 Å². The number of amides is 1. The number of nitrogens with zero attached hydrogens (tertiary/aromatic N) is 5. The molecule has 0 spiro atoms. The van der Waals surface area contributed by atoms with Gasteiger partial charge in [0.2, 0.25) is 0 Å². The molecule has 1 aliphatic rings. The maximum absolute atomic E-state index is 13.1. The number of non-ortho nitro benzene ring substituents is 1. The van der Waals surface area contributed by atoms with Crippen molar-refractivity contribution in [3.63, 3.8) is 0 Å². The van der Waals surface area contributed by atoms with Crippen molar-refractivity contribution in [1.29, 1.82) is 10.5 Å². The Balaban J connectivity index is 2.03. The number of carbonyl (C=O) groups excluding carboxylic acids is 1. The standard InChI is InChI=1S/C20H15N5O3/c1-13-18(20(26)24(23-13)16-5-3-2-4-6-16)19(15(11-21)12-22)14-7-9-17(10-8-14)25(27)28/h2-10,15,18-19H,1H3/t18-,19-/m0/s1. The topological polar surface area (TPSA) is 123 Å². The SMILES string of the molecule is CC1=NN(c2ccccc2)C(=O)[C@@H]1[C@@H](c1ccc([N+](=O)[O-])cc1)C(C#N)C#N. The molecule has 0 radical (unpaired) electrons. The Morgan fingerprint density at radius 3 is 2.25 bits per heavy atom. The lowest BCUT2D eigenvalue weighted by Gasteiger charge is -2.24. The molecular formula is C20H15N5O3. The molecule has 0 aromatic heterocycles. The van der Waals surface area contributed by atoms with E-state index >= 15 is 0 Å². The van der Waals surface area contributed by atoms with Gasteiger partial charge in [-0.3, -0.25) is 14.9 Å². The molecule has 8 heteroatoms. The van der Waals surface area contributed by atoms with E-state index in [-0.39, 0.29) is 11.6 Å². The van der Waals surface area contributed by atoms with E-state index in [4.69, 9.17) is 0 Å². The molecule has 1 amide bonds. The maximum Gasteiger partial charge on any atom is 0.269 e. The summed E-state index contributed by atoms with van der Waals surface area (Å²) in [6.07, 6.45) is 0.